The minimum atomic E-state index is 0.235. The predicted molar refractivity (Wildman–Crippen MR) is 103 cm³/mol. The van der Waals surface area contributed by atoms with Crippen LogP contribution in [0.1, 0.15) is 5.56 Å². The Labute approximate surface area is 159 Å². The SMILES string of the molecule is COc1ccc(CNc2cc(OC=O)nc3ccc(Br)cc23)c(OC)c1. The Morgan fingerprint density at radius 1 is 1.12 bits per heavy atom. The van der Waals surface area contributed by atoms with Gasteiger partial charge in [0.1, 0.15) is 11.5 Å². The summed E-state index contributed by atoms with van der Waals surface area (Å²) in [5.74, 6) is 1.69. The van der Waals surface area contributed by atoms with Gasteiger partial charge in [-0.1, -0.05) is 15.9 Å². The van der Waals surface area contributed by atoms with Crippen LogP contribution in [-0.2, 0) is 11.3 Å². The number of aromatic nitrogens is 1. The number of carbonyl (C=O) groups excluding carboxylic acids is 1. The first-order chi connectivity index (χ1) is 12.6. The van der Waals surface area contributed by atoms with Gasteiger partial charge in [0.05, 0.1) is 19.7 Å². The van der Waals surface area contributed by atoms with Crippen molar-refractivity contribution in [3.05, 3.63) is 52.5 Å². The average Bonchev–Trinajstić information content (AvgIpc) is 2.66. The fourth-order valence-corrected chi connectivity index (χ4v) is 2.98. The summed E-state index contributed by atoms with van der Waals surface area (Å²) in [5, 5.41) is 4.27. The first kappa shape index (κ1) is 18.0. The summed E-state index contributed by atoms with van der Waals surface area (Å²) in [6.45, 7) is 0.878. The van der Waals surface area contributed by atoms with Crippen molar-refractivity contribution in [1.82, 2.24) is 4.98 Å². The Balaban J connectivity index is 1.95. The molecule has 0 unspecified atom stereocenters. The Kier molecular flexibility index (Phi) is 5.58. The summed E-state index contributed by atoms with van der Waals surface area (Å²) in [6, 6.07) is 13.0. The van der Waals surface area contributed by atoms with Gasteiger partial charge in [0.15, 0.2) is 0 Å². The monoisotopic (exact) mass is 416 g/mol. The molecule has 0 aliphatic heterocycles. The molecule has 0 radical (unpaired) electrons. The van der Waals surface area contributed by atoms with E-state index in [4.69, 9.17) is 14.2 Å². The van der Waals surface area contributed by atoms with Gasteiger partial charge in [0.2, 0.25) is 5.88 Å². The lowest BCUT2D eigenvalue weighted by Gasteiger charge is -2.14. The van der Waals surface area contributed by atoms with Crippen molar-refractivity contribution in [2.75, 3.05) is 19.5 Å². The molecule has 6 nitrogen and oxygen atoms in total. The number of fused-ring (bicyclic) bond motifs is 1. The molecule has 3 aromatic rings. The van der Waals surface area contributed by atoms with E-state index in [1.165, 1.54) is 0 Å². The normalized spacial score (nSPS) is 10.4. The second-order valence-corrected chi connectivity index (χ2v) is 6.33. The number of halogens is 1. The summed E-state index contributed by atoms with van der Waals surface area (Å²) in [5.41, 5.74) is 2.48. The topological polar surface area (TPSA) is 69.7 Å². The number of anilines is 1. The maximum absolute atomic E-state index is 10.7. The van der Waals surface area contributed by atoms with E-state index in [9.17, 15) is 4.79 Å². The molecular formula is C19H17BrN2O4. The largest absolute Gasteiger partial charge is 0.497 e. The third-order valence-corrected chi connectivity index (χ3v) is 4.37. The molecule has 1 N–H and O–H groups in total. The summed E-state index contributed by atoms with van der Waals surface area (Å²) in [6.07, 6.45) is 0. The fourth-order valence-electron chi connectivity index (χ4n) is 2.62. The molecule has 2 aromatic carbocycles. The van der Waals surface area contributed by atoms with Crippen LogP contribution in [0, 0.1) is 0 Å². The molecule has 0 bridgehead atoms. The van der Waals surface area contributed by atoms with Crippen molar-refractivity contribution in [3.63, 3.8) is 0 Å². The third kappa shape index (κ3) is 3.88. The maximum Gasteiger partial charge on any atom is 0.299 e. The molecule has 0 fully saturated rings. The van der Waals surface area contributed by atoms with E-state index in [2.05, 4.69) is 26.2 Å². The Bertz CT molecular complexity index is 946. The highest BCUT2D eigenvalue weighted by Gasteiger charge is 2.10. The zero-order valence-electron chi connectivity index (χ0n) is 14.3. The molecule has 134 valence electrons. The molecule has 0 atom stereocenters. The minimum absolute atomic E-state index is 0.235. The van der Waals surface area contributed by atoms with E-state index < -0.39 is 0 Å². The van der Waals surface area contributed by atoms with Crippen LogP contribution in [-0.4, -0.2) is 25.7 Å². The van der Waals surface area contributed by atoms with Gasteiger partial charge in [-0.2, -0.15) is 0 Å². The van der Waals surface area contributed by atoms with Gasteiger partial charge in [-0.15, -0.1) is 0 Å². The van der Waals surface area contributed by atoms with Crippen molar-refractivity contribution < 1.29 is 19.0 Å². The molecule has 0 aliphatic carbocycles. The van der Waals surface area contributed by atoms with E-state index in [1.807, 2.05) is 36.4 Å². The molecule has 1 heterocycles. The zero-order valence-corrected chi connectivity index (χ0v) is 15.9. The number of carbonyl (C=O) groups is 1. The molecule has 26 heavy (non-hydrogen) atoms. The average molecular weight is 417 g/mol. The quantitative estimate of drug-likeness (QED) is 0.583. The summed E-state index contributed by atoms with van der Waals surface area (Å²) in [7, 11) is 3.23. The molecule has 0 spiro atoms. The summed E-state index contributed by atoms with van der Waals surface area (Å²) >= 11 is 3.47. The predicted octanol–water partition coefficient (Wildman–Crippen LogP) is 4.16. The van der Waals surface area contributed by atoms with Crippen molar-refractivity contribution >= 4 is 39.0 Å². The van der Waals surface area contributed by atoms with Gasteiger partial charge in [0.25, 0.3) is 6.47 Å². The van der Waals surface area contributed by atoms with E-state index in [-0.39, 0.29) is 5.88 Å². The number of benzene rings is 2. The van der Waals surface area contributed by atoms with Crippen LogP contribution >= 0.6 is 15.9 Å². The molecule has 0 saturated carbocycles. The van der Waals surface area contributed by atoms with Crippen LogP contribution in [0.4, 0.5) is 5.69 Å². The lowest BCUT2D eigenvalue weighted by atomic mass is 10.1. The lowest BCUT2D eigenvalue weighted by Crippen LogP contribution is -2.04. The van der Waals surface area contributed by atoms with Crippen LogP contribution in [0.5, 0.6) is 17.4 Å². The maximum atomic E-state index is 10.7. The second-order valence-electron chi connectivity index (χ2n) is 5.41. The number of ether oxygens (including phenoxy) is 3. The first-order valence-corrected chi connectivity index (χ1v) is 8.59. The smallest absolute Gasteiger partial charge is 0.299 e. The minimum Gasteiger partial charge on any atom is -0.497 e. The van der Waals surface area contributed by atoms with Crippen molar-refractivity contribution in [3.8, 4) is 17.4 Å². The molecule has 1 aromatic heterocycles. The number of pyridine rings is 1. The Hall–Kier alpha value is -2.80. The molecule has 7 heteroatoms. The number of rotatable bonds is 7. The van der Waals surface area contributed by atoms with Crippen LogP contribution in [0.25, 0.3) is 10.9 Å². The fraction of sp³-hybridized carbons (Fsp3) is 0.158. The lowest BCUT2D eigenvalue weighted by molar-refractivity contribution is -0.120. The van der Waals surface area contributed by atoms with Crippen molar-refractivity contribution in [2.45, 2.75) is 6.54 Å². The number of hydrogen-bond donors (Lipinski definition) is 1. The number of nitrogens with one attached hydrogen (secondary N) is 1. The van der Waals surface area contributed by atoms with Gasteiger partial charge >= 0.3 is 0 Å². The molecule has 0 saturated heterocycles. The van der Waals surface area contributed by atoms with E-state index in [0.29, 0.717) is 13.0 Å². The molecule has 0 amide bonds. The molecule has 3 rings (SSSR count). The van der Waals surface area contributed by atoms with Crippen LogP contribution < -0.4 is 19.5 Å². The number of methoxy groups -OCH3 is 2. The van der Waals surface area contributed by atoms with Gasteiger partial charge in [-0.25, -0.2) is 4.98 Å². The summed E-state index contributed by atoms with van der Waals surface area (Å²) in [4.78, 5) is 15.0. The highest BCUT2D eigenvalue weighted by molar-refractivity contribution is 9.10. The van der Waals surface area contributed by atoms with Gasteiger partial charge < -0.3 is 19.5 Å². The standard InChI is InChI=1S/C19H17BrN2O4/c1-24-14-5-3-12(18(8-14)25-2)10-21-17-9-19(26-11-23)22-16-6-4-13(20)7-15(16)17/h3-9,11H,10H2,1-2H3,(H,21,22). The molecular weight excluding hydrogens is 400 g/mol. The Morgan fingerprint density at radius 2 is 1.96 bits per heavy atom. The second kappa shape index (κ2) is 8.05. The molecule has 0 aliphatic rings. The van der Waals surface area contributed by atoms with Gasteiger partial charge in [0, 0.05) is 39.8 Å². The Morgan fingerprint density at radius 3 is 2.69 bits per heavy atom. The highest BCUT2D eigenvalue weighted by atomic mass is 79.9. The van der Waals surface area contributed by atoms with E-state index in [0.717, 1.165) is 38.1 Å². The van der Waals surface area contributed by atoms with E-state index in [1.54, 1.807) is 20.3 Å². The van der Waals surface area contributed by atoms with Crippen molar-refractivity contribution in [1.29, 1.82) is 0 Å². The van der Waals surface area contributed by atoms with Crippen LogP contribution in [0.3, 0.4) is 0 Å². The first-order valence-electron chi connectivity index (χ1n) is 7.80. The third-order valence-electron chi connectivity index (χ3n) is 3.88. The van der Waals surface area contributed by atoms with Crippen LogP contribution in [0.15, 0.2) is 46.9 Å². The number of hydrogen-bond acceptors (Lipinski definition) is 6. The van der Waals surface area contributed by atoms with E-state index >= 15 is 0 Å². The van der Waals surface area contributed by atoms with Crippen molar-refractivity contribution in [2.24, 2.45) is 0 Å². The van der Waals surface area contributed by atoms with Crippen LogP contribution in [0.2, 0.25) is 0 Å². The highest BCUT2D eigenvalue weighted by Crippen LogP contribution is 2.31. The summed E-state index contributed by atoms with van der Waals surface area (Å²) < 4.78 is 16.5. The van der Waals surface area contributed by atoms with Gasteiger partial charge in [-0.3, -0.25) is 4.79 Å². The number of nitrogens with zero attached hydrogens (tertiary/aromatic N) is 1. The van der Waals surface area contributed by atoms with Gasteiger partial charge in [-0.05, 0) is 30.3 Å². The zero-order chi connectivity index (χ0) is 18.5.